The zero-order valence-corrected chi connectivity index (χ0v) is 17.1. The van der Waals surface area contributed by atoms with E-state index in [1.54, 1.807) is 71.4 Å². The van der Waals surface area contributed by atoms with Crippen LogP contribution >= 0.6 is 0 Å². The average Bonchev–Trinajstić information content (AvgIpc) is 3.16. The molecule has 0 radical (unpaired) electrons. The normalized spacial score (nSPS) is 11.7. The molecule has 0 aliphatic heterocycles. The van der Waals surface area contributed by atoms with Crippen molar-refractivity contribution >= 4 is 29.0 Å². The van der Waals surface area contributed by atoms with Crippen molar-refractivity contribution in [1.82, 2.24) is 9.99 Å². The van der Waals surface area contributed by atoms with Gasteiger partial charge in [0, 0.05) is 22.7 Å². The Kier molecular flexibility index (Phi) is 5.83. The molecule has 0 atom stereocenters. The first-order valence-corrected chi connectivity index (χ1v) is 9.96. The predicted molar refractivity (Wildman–Crippen MR) is 121 cm³/mol. The maximum Gasteiger partial charge on any atom is 0.323 e. The zero-order valence-electron chi connectivity index (χ0n) is 17.1. The number of nitrogens with zero attached hydrogens (tertiary/aromatic N) is 2. The number of fused-ring (bicyclic) bond motifs is 1. The molecule has 0 aliphatic carbocycles. The van der Waals surface area contributed by atoms with Crippen molar-refractivity contribution in [1.29, 1.82) is 0 Å². The number of hydrogen-bond donors (Lipinski definition) is 3. The van der Waals surface area contributed by atoms with E-state index in [-0.39, 0.29) is 6.54 Å². The fourth-order valence-corrected chi connectivity index (χ4v) is 3.68. The largest absolute Gasteiger partial charge is 0.480 e. The Balaban J connectivity index is 1.64. The van der Waals surface area contributed by atoms with E-state index in [1.165, 1.54) is 6.21 Å². The summed E-state index contributed by atoms with van der Waals surface area (Å²) in [6, 6.07) is 24.6. The molecule has 0 spiro atoms. The van der Waals surface area contributed by atoms with Crippen molar-refractivity contribution in [3.8, 4) is 0 Å². The lowest BCUT2D eigenvalue weighted by Crippen LogP contribution is -2.43. The number of aliphatic hydroxyl groups is 1. The highest BCUT2D eigenvalue weighted by atomic mass is 16.4. The summed E-state index contributed by atoms with van der Waals surface area (Å²) in [4.78, 5) is 24.3. The van der Waals surface area contributed by atoms with Gasteiger partial charge in [0.1, 0.15) is 6.54 Å². The second-order valence-electron chi connectivity index (χ2n) is 7.26. The summed E-state index contributed by atoms with van der Waals surface area (Å²) in [7, 11) is 0. The second kappa shape index (κ2) is 8.87. The number of benzene rings is 3. The molecule has 0 aliphatic rings. The lowest BCUT2D eigenvalue weighted by Gasteiger charge is -2.27. The van der Waals surface area contributed by atoms with Crippen molar-refractivity contribution in [2.24, 2.45) is 5.10 Å². The van der Waals surface area contributed by atoms with Gasteiger partial charge in [-0.3, -0.25) is 9.59 Å². The van der Waals surface area contributed by atoms with Gasteiger partial charge in [-0.1, -0.05) is 78.9 Å². The van der Waals surface area contributed by atoms with Crippen LogP contribution in [0.1, 0.15) is 16.7 Å². The van der Waals surface area contributed by atoms with Crippen molar-refractivity contribution in [3.63, 3.8) is 0 Å². The quantitative estimate of drug-likeness (QED) is 0.311. The predicted octanol–water partition coefficient (Wildman–Crippen LogP) is 3.11. The van der Waals surface area contributed by atoms with E-state index in [0.717, 1.165) is 10.9 Å². The van der Waals surface area contributed by atoms with Crippen molar-refractivity contribution in [2.45, 2.75) is 12.1 Å². The first kappa shape index (κ1) is 21.0. The van der Waals surface area contributed by atoms with E-state index in [4.69, 9.17) is 5.11 Å². The Hall–Kier alpha value is -4.23. The molecule has 160 valence electrons. The SMILES string of the molecule is O=C(O)Cn1cc(C=NNC(=O)C(O)(c2ccccc2)c2ccccc2)c2ccccc21. The number of amides is 1. The van der Waals surface area contributed by atoms with Gasteiger partial charge < -0.3 is 14.8 Å². The van der Waals surface area contributed by atoms with Crippen LogP contribution in [0.15, 0.2) is 96.2 Å². The average molecular weight is 427 g/mol. The topological polar surface area (TPSA) is 104 Å². The molecule has 3 N–H and O–H groups in total. The number of para-hydroxylation sites is 1. The first-order valence-electron chi connectivity index (χ1n) is 9.96. The Bertz CT molecular complexity index is 1240. The number of rotatable bonds is 7. The summed E-state index contributed by atoms with van der Waals surface area (Å²) in [6.07, 6.45) is 3.10. The van der Waals surface area contributed by atoms with Crippen LogP contribution in [-0.2, 0) is 21.7 Å². The molecule has 1 aromatic heterocycles. The van der Waals surface area contributed by atoms with Crippen molar-refractivity contribution in [2.75, 3.05) is 0 Å². The van der Waals surface area contributed by atoms with E-state index in [9.17, 15) is 14.7 Å². The van der Waals surface area contributed by atoms with Crippen LogP contribution in [0, 0.1) is 0 Å². The highest BCUT2D eigenvalue weighted by Crippen LogP contribution is 2.30. The molecule has 1 amide bonds. The summed E-state index contributed by atoms with van der Waals surface area (Å²) in [6.45, 7) is -0.192. The molecule has 1 heterocycles. The number of nitrogens with one attached hydrogen (secondary N) is 1. The van der Waals surface area contributed by atoms with Crippen LogP contribution < -0.4 is 5.43 Å². The number of carbonyl (C=O) groups excluding carboxylic acids is 1. The molecular weight excluding hydrogens is 406 g/mol. The molecule has 0 saturated carbocycles. The molecule has 0 unspecified atom stereocenters. The van der Waals surface area contributed by atoms with Gasteiger partial charge in [-0.2, -0.15) is 5.10 Å². The lowest BCUT2D eigenvalue weighted by atomic mass is 9.85. The van der Waals surface area contributed by atoms with Crippen LogP contribution in [0.4, 0.5) is 0 Å². The lowest BCUT2D eigenvalue weighted by molar-refractivity contribution is -0.138. The van der Waals surface area contributed by atoms with E-state index in [2.05, 4.69) is 10.5 Å². The molecule has 0 fully saturated rings. The van der Waals surface area contributed by atoms with Crippen molar-refractivity contribution < 1.29 is 19.8 Å². The Morgan fingerprint density at radius 2 is 1.47 bits per heavy atom. The number of hydrogen-bond acceptors (Lipinski definition) is 4. The number of aliphatic carboxylic acids is 1. The minimum atomic E-state index is -1.93. The third-order valence-corrected chi connectivity index (χ3v) is 5.21. The Morgan fingerprint density at radius 3 is 2.06 bits per heavy atom. The molecule has 4 rings (SSSR count). The fraction of sp³-hybridized carbons (Fsp3) is 0.0800. The van der Waals surface area contributed by atoms with Gasteiger partial charge in [-0.25, -0.2) is 5.43 Å². The van der Waals surface area contributed by atoms with Crippen LogP contribution in [0.2, 0.25) is 0 Å². The maximum absolute atomic E-state index is 13.1. The summed E-state index contributed by atoms with van der Waals surface area (Å²) in [5.74, 6) is -1.67. The molecular formula is C25H21N3O4. The number of hydrazone groups is 1. The van der Waals surface area contributed by atoms with Gasteiger partial charge in [0.05, 0.1) is 6.21 Å². The highest BCUT2D eigenvalue weighted by molar-refractivity contribution is 6.00. The summed E-state index contributed by atoms with van der Waals surface area (Å²) >= 11 is 0. The second-order valence-corrected chi connectivity index (χ2v) is 7.26. The van der Waals surface area contributed by atoms with Gasteiger partial charge in [0.25, 0.3) is 5.91 Å². The van der Waals surface area contributed by atoms with Gasteiger partial charge in [0.15, 0.2) is 5.60 Å². The van der Waals surface area contributed by atoms with E-state index >= 15 is 0 Å². The van der Waals surface area contributed by atoms with Crippen LogP contribution in [0.5, 0.6) is 0 Å². The highest BCUT2D eigenvalue weighted by Gasteiger charge is 2.39. The molecule has 32 heavy (non-hydrogen) atoms. The van der Waals surface area contributed by atoms with Crippen LogP contribution in [0.25, 0.3) is 10.9 Å². The molecule has 4 aromatic rings. The van der Waals surface area contributed by atoms with Gasteiger partial charge in [-0.05, 0) is 17.2 Å². The molecule has 0 saturated heterocycles. The summed E-state index contributed by atoms with van der Waals surface area (Å²) < 4.78 is 1.60. The molecule has 3 aromatic carbocycles. The summed E-state index contributed by atoms with van der Waals surface area (Å²) in [5.41, 5.74) is 2.72. The van der Waals surface area contributed by atoms with E-state index in [0.29, 0.717) is 16.7 Å². The molecule has 0 bridgehead atoms. The van der Waals surface area contributed by atoms with Gasteiger partial charge >= 0.3 is 5.97 Å². The minimum absolute atomic E-state index is 0.192. The van der Waals surface area contributed by atoms with E-state index < -0.39 is 17.5 Å². The standard InChI is InChI=1S/C25H21N3O4/c29-23(30)17-28-16-18(21-13-7-8-14-22(21)28)15-26-27-24(31)25(32,19-9-3-1-4-10-19)20-11-5-2-6-12-20/h1-16,32H,17H2,(H,27,31)(H,29,30). The number of carbonyl (C=O) groups is 2. The zero-order chi connectivity index (χ0) is 22.6. The Labute approximate surface area is 184 Å². The van der Waals surface area contributed by atoms with Crippen LogP contribution in [0.3, 0.4) is 0 Å². The smallest absolute Gasteiger partial charge is 0.323 e. The maximum atomic E-state index is 13.1. The molecule has 7 heteroatoms. The third-order valence-electron chi connectivity index (χ3n) is 5.21. The van der Waals surface area contributed by atoms with Gasteiger partial charge in [0.2, 0.25) is 0 Å². The monoisotopic (exact) mass is 427 g/mol. The van der Waals surface area contributed by atoms with Gasteiger partial charge in [-0.15, -0.1) is 0 Å². The van der Waals surface area contributed by atoms with E-state index in [1.807, 2.05) is 24.3 Å². The van der Waals surface area contributed by atoms with Crippen LogP contribution in [-0.4, -0.2) is 32.9 Å². The third kappa shape index (κ3) is 4.01. The number of carboxylic acid groups (broad SMARTS) is 1. The molecule has 7 nitrogen and oxygen atoms in total. The number of carboxylic acids is 1. The summed E-state index contributed by atoms with van der Waals surface area (Å²) in [5, 5.41) is 25.4. The fourth-order valence-electron chi connectivity index (χ4n) is 3.68. The first-order chi connectivity index (χ1) is 15.5. The Morgan fingerprint density at radius 1 is 0.906 bits per heavy atom. The minimum Gasteiger partial charge on any atom is -0.480 e. The number of aromatic nitrogens is 1. The van der Waals surface area contributed by atoms with Crippen molar-refractivity contribution in [3.05, 3.63) is 108 Å².